The summed E-state index contributed by atoms with van der Waals surface area (Å²) in [5.41, 5.74) is 0.820. The van der Waals surface area contributed by atoms with Crippen LogP contribution in [-0.4, -0.2) is 46.2 Å². The standard InChI is InChI=1S/C21H26N2O3/c1-14(2)15-5-7-17(8-6-15)21(26,20(3)12-23(4)13-20)18-9-16(19(24)25)10-22-11-18/h5-11,14,26H,12-13H2,1-4H3,(H,24,25)/t21-/m0/s1. The van der Waals surface area contributed by atoms with Gasteiger partial charge in [-0.15, -0.1) is 0 Å². The summed E-state index contributed by atoms with van der Waals surface area (Å²) in [6.07, 6.45) is 2.88. The van der Waals surface area contributed by atoms with Crippen molar-refractivity contribution < 1.29 is 15.0 Å². The average molecular weight is 354 g/mol. The molecule has 2 heterocycles. The third-order valence-electron chi connectivity index (χ3n) is 5.51. The molecule has 0 radical (unpaired) electrons. The van der Waals surface area contributed by atoms with Gasteiger partial charge >= 0.3 is 5.97 Å². The van der Waals surface area contributed by atoms with Gasteiger partial charge in [-0.3, -0.25) is 4.98 Å². The van der Waals surface area contributed by atoms with Gasteiger partial charge in [-0.05, 0) is 30.2 Å². The molecule has 1 aromatic heterocycles. The van der Waals surface area contributed by atoms with Gasteiger partial charge in [0.1, 0.15) is 5.60 Å². The number of carboxylic acids is 1. The van der Waals surface area contributed by atoms with Gasteiger partial charge in [0.15, 0.2) is 0 Å². The number of benzene rings is 1. The molecular weight excluding hydrogens is 328 g/mol. The Hall–Kier alpha value is -2.24. The minimum absolute atomic E-state index is 0.0796. The van der Waals surface area contributed by atoms with Crippen molar-refractivity contribution in [2.45, 2.75) is 32.3 Å². The number of aromatic carboxylic acids is 1. The zero-order chi connectivity index (χ0) is 19.1. The maximum Gasteiger partial charge on any atom is 0.337 e. The van der Waals surface area contributed by atoms with E-state index in [4.69, 9.17) is 0 Å². The summed E-state index contributed by atoms with van der Waals surface area (Å²) in [4.78, 5) is 17.6. The summed E-state index contributed by atoms with van der Waals surface area (Å²) in [5, 5.41) is 21.3. The molecule has 0 saturated carbocycles. The summed E-state index contributed by atoms with van der Waals surface area (Å²) in [7, 11) is 2.01. The molecule has 1 saturated heterocycles. The van der Waals surface area contributed by atoms with E-state index in [-0.39, 0.29) is 5.56 Å². The summed E-state index contributed by atoms with van der Waals surface area (Å²) in [6, 6.07) is 9.50. The molecule has 3 rings (SSSR count). The van der Waals surface area contributed by atoms with Crippen molar-refractivity contribution in [2.24, 2.45) is 5.41 Å². The van der Waals surface area contributed by atoms with Crippen molar-refractivity contribution in [1.82, 2.24) is 9.88 Å². The lowest BCUT2D eigenvalue weighted by Crippen LogP contribution is -2.63. The monoisotopic (exact) mass is 354 g/mol. The van der Waals surface area contributed by atoms with Crippen molar-refractivity contribution in [3.63, 3.8) is 0 Å². The predicted octanol–water partition coefficient (Wildman–Crippen LogP) is 3.09. The summed E-state index contributed by atoms with van der Waals surface area (Å²) < 4.78 is 0. The topological polar surface area (TPSA) is 73.7 Å². The fraction of sp³-hybridized carbons (Fsp3) is 0.429. The van der Waals surface area contributed by atoms with E-state index in [2.05, 4.69) is 23.7 Å². The minimum atomic E-state index is -1.31. The van der Waals surface area contributed by atoms with Crippen LogP contribution in [0, 0.1) is 5.41 Å². The molecule has 1 aliphatic heterocycles. The van der Waals surface area contributed by atoms with E-state index in [1.165, 1.54) is 17.8 Å². The highest BCUT2D eigenvalue weighted by Crippen LogP contribution is 2.50. The molecule has 5 nitrogen and oxygen atoms in total. The van der Waals surface area contributed by atoms with E-state index in [1.54, 1.807) is 6.20 Å². The molecule has 0 bridgehead atoms. The molecule has 5 heteroatoms. The quantitative estimate of drug-likeness (QED) is 0.863. The Morgan fingerprint density at radius 3 is 2.31 bits per heavy atom. The van der Waals surface area contributed by atoms with Crippen LogP contribution in [0.1, 0.15) is 53.7 Å². The highest BCUT2D eigenvalue weighted by Gasteiger charge is 2.55. The molecule has 1 atom stereocenters. The van der Waals surface area contributed by atoms with Gasteiger partial charge in [0.05, 0.1) is 5.56 Å². The normalized spacial score (nSPS) is 19.0. The van der Waals surface area contributed by atoms with Crippen molar-refractivity contribution in [3.8, 4) is 0 Å². The third kappa shape index (κ3) is 2.91. The molecule has 1 aromatic carbocycles. The number of carboxylic acid groups (broad SMARTS) is 1. The molecule has 0 aliphatic carbocycles. The van der Waals surface area contributed by atoms with Crippen LogP contribution in [0.5, 0.6) is 0 Å². The number of aromatic nitrogens is 1. The molecule has 1 fully saturated rings. The van der Waals surface area contributed by atoms with E-state index >= 15 is 0 Å². The van der Waals surface area contributed by atoms with E-state index in [9.17, 15) is 15.0 Å². The largest absolute Gasteiger partial charge is 0.478 e. The SMILES string of the molecule is CC(C)c1ccc([C@](O)(c2cncc(C(=O)O)c2)C2(C)CN(C)C2)cc1. The van der Waals surface area contributed by atoms with Gasteiger partial charge < -0.3 is 15.1 Å². The highest BCUT2D eigenvalue weighted by molar-refractivity contribution is 5.87. The van der Waals surface area contributed by atoms with Crippen LogP contribution in [0.3, 0.4) is 0 Å². The number of pyridine rings is 1. The first-order valence-corrected chi connectivity index (χ1v) is 8.87. The zero-order valence-corrected chi connectivity index (χ0v) is 15.7. The van der Waals surface area contributed by atoms with Gasteiger partial charge in [0.2, 0.25) is 0 Å². The van der Waals surface area contributed by atoms with E-state index in [1.807, 2.05) is 38.2 Å². The number of nitrogens with zero attached hydrogens (tertiary/aromatic N) is 2. The van der Waals surface area contributed by atoms with Crippen molar-refractivity contribution in [2.75, 3.05) is 20.1 Å². The number of carbonyl (C=O) groups is 1. The molecule has 0 unspecified atom stereocenters. The first-order chi connectivity index (χ1) is 12.2. The molecule has 1 aliphatic rings. The van der Waals surface area contributed by atoms with Crippen molar-refractivity contribution in [3.05, 3.63) is 65.0 Å². The Labute approximate surface area is 154 Å². The highest BCUT2D eigenvalue weighted by atomic mass is 16.4. The molecule has 2 N–H and O–H groups in total. The first kappa shape index (κ1) is 18.5. The second-order valence-electron chi connectivity index (χ2n) is 7.99. The maximum atomic E-state index is 11.9. The zero-order valence-electron chi connectivity index (χ0n) is 15.7. The number of aliphatic hydroxyl groups is 1. The summed E-state index contributed by atoms with van der Waals surface area (Å²) in [6.45, 7) is 7.73. The molecule has 138 valence electrons. The van der Waals surface area contributed by atoms with Crippen LogP contribution in [0.4, 0.5) is 0 Å². The van der Waals surface area contributed by atoms with Crippen molar-refractivity contribution >= 4 is 5.97 Å². The van der Waals surface area contributed by atoms with Gasteiger partial charge in [0.25, 0.3) is 0 Å². The summed E-state index contributed by atoms with van der Waals surface area (Å²) in [5.74, 6) is -0.646. The van der Waals surface area contributed by atoms with Gasteiger partial charge in [-0.25, -0.2) is 4.79 Å². The van der Waals surface area contributed by atoms with Crippen LogP contribution in [-0.2, 0) is 5.60 Å². The molecule has 2 aromatic rings. The second kappa shape index (κ2) is 6.49. The molecule has 0 spiro atoms. The van der Waals surface area contributed by atoms with Gasteiger partial charge in [-0.1, -0.05) is 45.0 Å². The predicted molar refractivity (Wildman–Crippen MR) is 100 cm³/mol. The van der Waals surface area contributed by atoms with E-state index in [0.717, 1.165) is 5.56 Å². The molecule has 0 amide bonds. The Kier molecular flexibility index (Phi) is 4.63. The lowest BCUT2D eigenvalue weighted by atomic mass is 9.62. The van der Waals surface area contributed by atoms with Crippen LogP contribution in [0.15, 0.2) is 42.7 Å². The molecular formula is C21H26N2O3. The molecule has 26 heavy (non-hydrogen) atoms. The fourth-order valence-corrected chi connectivity index (χ4v) is 4.10. The third-order valence-corrected chi connectivity index (χ3v) is 5.51. The van der Waals surface area contributed by atoms with Crippen LogP contribution < -0.4 is 0 Å². The average Bonchev–Trinajstić information content (AvgIpc) is 2.59. The smallest absolute Gasteiger partial charge is 0.337 e. The minimum Gasteiger partial charge on any atom is -0.478 e. The fourth-order valence-electron chi connectivity index (χ4n) is 4.10. The van der Waals surface area contributed by atoms with Crippen molar-refractivity contribution in [1.29, 1.82) is 0 Å². The Bertz CT molecular complexity index is 810. The summed E-state index contributed by atoms with van der Waals surface area (Å²) >= 11 is 0. The van der Waals surface area contributed by atoms with Gasteiger partial charge in [-0.2, -0.15) is 0 Å². The second-order valence-corrected chi connectivity index (χ2v) is 7.99. The Morgan fingerprint density at radius 1 is 1.19 bits per heavy atom. The Morgan fingerprint density at radius 2 is 1.81 bits per heavy atom. The first-order valence-electron chi connectivity index (χ1n) is 8.87. The van der Waals surface area contributed by atoms with Crippen LogP contribution >= 0.6 is 0 Å². The van der Waals surface area contributed by atoms with Gasteiger partial charge in [0, 0.05) is 36.5 Å². The van der Waals surface area contributed by atoms with E-state index < -0.39 is 17.0 Å². The number of rotatable bonds is 5. The number of likely N-dealkylation sites (tertiary alicyclic amines) is 1. The van der Waals surface area contributed by atoms with E-state index in [0.29, 0.717) is 24.6 Å². The van der Waals surface area contributed by atoms with Crippen LogP contribution in [0.25, 0.3) is 0 Å². The van der Waals surface area contributed by atoms with Crippen LogP contribution in [0.2, 0.25) is 0 Å². The number of hydrogen-bond donors (Lipinski definition) is 2. The number of hydrogen-bond acceptors (Lipinski definition) is 4. The lowest BCUT2D eigenvalue weighted by Gasteiger charge is -2.55. The Balaban J connectivity index is 2.14. The lowest BCUT2D eigenvalue weighted by molar-refractivity contribution is -0.127. The maximum absolute atomic E-state index is 11.9.